The molecule has 8 heteroatoms. The molecule has 146 valence electrons. The Morgan fingerprint density at radius 2 is 1.82 bits per heavy atom. The topological polar surface area (TPSA) is 89.1 Å². The molecule has 0 bridgehead atoms. The maximum Gasteiger partial charge on any atom is 0.234 e. The molecule has 0 unspecified atom stereocenters. The number of hydrogen-bond acceptors (Lipinski definition) is 6. The van der Waals surface area contributed by atoms with Gasteiger partial charge in [0.1, 0.15) is 18.1 Å². The van der Waals surface area contributed by atoms with Gasteiger partial charge in [-0.2, -0.15) is 0 Å². The molecule has 0 spiro atoms. The van der Waals surface area contributed by atoms with E-state index in [2.05, 4.69) is 27.4 Å². The van der Waals surface area contributed by atoms with E-state index < -0.39 is 0 Å². The lowest BCUT2D eigenvalue weighted by Crippen LogP contribution is -2.14. The van der Waals surface area contributed by atoms with Crippen LogP contribution in [0.1, 0.15) is 18.3 Å². The van der Waals surface area contributed by atoms with E-state index in [1.165, 1.54) is 17.3 Å². The second kappa shape index (κ2) is 9.80. The Morgan fingerprint density at radius 1 is 1.11 bits per heavy atom. The van der Waals surface area contributed by atoms with Crippen molar-refractivity contribution in [1.82, 2.24) is 15.2 Å². The van der Waals surface area contributed by atoms with Gasteiger partial charge in [-0.1, -0.05) is 30.8 Å². The van der Waals surface area contributed by atoms with Gasteiger partial charge in [0, 0.05) is 5.69 Å². The first-order valence-electron chi connectivity index (χ1n) is 8.86. The lowest BCUT2D eigenvalue weighted by atomic mass is 10.2. The number of carbonyl (C=O) groups is 1. The van der Waals surface area contributed by atoms with E-state index in [4.69, 9.17) is 9.47 Å². The number of methoxy groups -OCH3 is 1. The fourth-order valence-electron chi connectivity index (χ4n) is 2.38. The summed E-state index contributed by atoms with van der Waals surface area (Å²) in [5, 5.41) is 10.3. The fourth-order valence-corrected chi connectivity index (χ4v) is 3.00. The van der Waals surface area contributed by atoms with Gasteiger partial charge in [-0.3, -0.25) is 9.89 Å². The van der Waals surface area contributed by atoms with Crippen molar-refractivity contribution in [2.45, 2.75) is 25.1 Å². The summed E-state index contributed by atoms with van der Waals surface area (Å²) in [6.45, 7) is 2.40. The van der Waals surface area contributed by atoms with E-state index >= 15 is 0 Å². The molecule has 0 aliphatic rings. The van der Waals surface area contributed by atoms with Crippen molar-refractivity contribution in [3.8, 4) is 11.5 Å². The van der Waals surface area contributed by atoms with Crippen LogP contribution >= 0.6 is 11.8 Å². The number of benzene rings is 2. The number of nitrogens with zero attached hydrogens (tertiary/aromatic N) is 2. The van der Waals surface area contributed by atoms with Gasteiger partial charge in [0.25, 0.3) is 0 Å². The SMILES string of the molecule is CCc1ccc(OCc2nc(SCC(=O)Nc3ccc(OC)cc3)n[nH]2)cc1. The highest BCUT2D eigenvalue weighted by Gasteiger charge is 2.09. The summed E-state index contributed by atoms with van der Waals surface area (Å²) >= 11 is 1.26. The number of hydrogen-bond donors (Lipinski definition) is 2. The number of nitrogens with one attached hydrogen (secondary N) is 2. The Morgan fingerprint density at radius 3 is 2.50 bits per heavy atom. The monoisotopic (exact) mass is 398 g/mol. The number of thioether (sulfide) groups is 1. The van der Waals surface area contributed by atoms with Crippen molar-refractivity contribution in [3.63, 3.8) is 0 Å². The molecule has 2 aromatic carbocycles. The maximum absolute atomic E-state index is 12.1. The van der Waals surface area contributed by atoms with Crippen LogP contribution in [0.2, 0.25) is 0 Å². The minimum absolute atomic E-state index is 0.131. The molecule has 0 fully saturated rings. The summed E-state index contributed by atoms with van der Waals surface area (Å²) in [5.41, 5.74) is 1.98. The molecule has 0 radical (unpaired) electrons. The lowest BCUT2D eigenvalue weighted by molar-refractivity contribution is -0.113. The molecule has 0 saturated heterocycles. The molecule has 3 rings (SSSR count). The number of aromatic nitrogens is 3. The van der Waals surface area contributed by atoms with E-state index in [1.54, 1.807) is 31.4 Å². The molecule has 0 atom stereocenters. The predicted octanol–water partition coefficient (Wildman–Crippen LogP) is 3.69. The molecule has 7 nitrogen and oxygen atoms in total. The summed E-state index contributed by atoms with van der Waals surface area (Å²) in [5.74, 6) is 2.21. The normalized spacial score (nSPS) is 10.5. The van der Waals surface area contributed by atoms with Crippen LogP contribution in [0.4, 0.5) is 5.69 Å². The molecule has 1 amide bonds. The van der Waals surface area contributed by atoms with Crippen LogP contribution in [0.5, 0.6) is 11.5 Å². The van der Waals surface area contributed by atoms with Gasteiger partial charge in [-0.05, 0) is 48.4 Å². The smallest absolute Gasteiger partial charge is 0.234 e. The zero-order valence-electron chi connectivity index (χ0n) is 15.8. The first kappa shape index (κ1) is 19.8. The van der Waals surface area contributed by atoms with Crippen molar-refractivity contribution in [2.75, 3.05) is 18.2 Å². The maximum atomic E-state index is 12.1. The number of rotatable bonds is 9. The third-order valence-electron chi connectivity index (χ3n) is 3.92. The van der Waals surface area contributed by atoms with Crippen LogP contribution in [-0.2, 0) is 17.8 Å². The molecule has 1 aromatic heterocycles. The average Bonchev–Trinajstić information content (AvgIpc) is 3.19. The largest absolute Gasteiger partial charge is 0.497 e. The zero-order valence-corrected chi connectivity index (χ0v) is 16.6. The van der Waals surface area contributed by atoms with Gasteiger partial charge >= 0.3 is 0 Å². The highest BCUT2D eigenvalue weighted by atomic mass is 32.2. The summed E-state index contributed by atoms with van der Waals surface area (Å²) in [7, 11) is 1.60. The quantitative estimate of drug-likeness (QED) is 0.535. The van der Waals surface area contributed by atoms with Crippen molar-refractivity contribution >= 4 is 23.4 Å². The van der Waals surface area contributed by atoms with Gasteiger partial charge < -0.3 is 14.8 Å². The average molecular weight is 398 g/mol. The van der Waals surface area contributed by atoms with E-state index in [-0.39, 0.29) is 18.3 Å². The van der Waals surface area contributed by atoms with Crippen LogP contribution in [0.15, 0.2) is 53.7 Å². The Labute approximate surface area is 167 Å². The van der Waals surface area contributed by atoms with Crippen LogP contribution in [0.3, 0.4) is 0 Å². The number of aryl methyl sites for hydroxylation is 1. The summed E-state index contributed by atoms with van der Waals surface area (Å²) in [6, 6.07) is 15.1. The molecule has 1 heterocycles. The van der Waals surface area contributed by atoms with Crippen molar-refractivity contribution in [1.29, 1.82) is 0 Å². The van der Waals surface area contributed by atoms with Crippen molar-refractivity contribution in [2.24, 2.45) is 0 Å². The molecule has 0 aliphatic heterocycles. The molecular weight excluding hydrogens is 376 g/mol. The van der Waals surface area contributed by atoms with Gasteiger partial charge in [0.2, 0.25) is 11.1 Å². The fraction of sp³-hybridized carbons (Fsp3) is 0.250. The van der Waals surface area contributed by atoms with E-state index in [9.17, 15) is 4.79 Å². The Kier molecular flexibility index (Phi) is 6.91. The Bertz CT molecular complexity index is 895. The first-order valence-corrected chi connectivity index (χ1v) is 9.84. The first-order chi connectivity index (χ1) is 13.7. The molecule has 2 N–H and O–H groups in total. The third kappa shape index (κ3) is 5.75. The van der Waals surface area contributed by atoms with E-state index in [0.29, 0.717) is 16.7 Å². The molecule has 0 saturated carbocycles. The van der Waals surface area contributed by atoms with Crippen LogP contribution in [0, 0.1) is 0 Å². The summed E-state index contributed by atoms with van der Waals surface area (Å²) in [4.78, 5) is 16.4. The van der Waals surface area contributed by atoms with Crippen LogP contribution in [0.25, 0.3) is 0 Å². The van der Waals surface area contributed by atoms with Gasteiger partial charge in [-0.25, -0.2) is 4.98 Å². The van der Waals surface area contributed by atoms with Crippen LogP contribution in [-0.4, -0.2) is 34.0 Å². The number of aromatic amines is 1. The number of anilines is 1. The zero-order chi connectivity index (χ0) is 19.8. The Balaban J connectivity index is 1.43. The number of ether oxygens (including phenoxy) is 2. The van der Waals surface area contributed by atoms with Gasteiger partial charge in [0.05, 0.1) is 12.9 Å². The number of amides is 1. The second-order valence-corrected chi connectivity index (χ2v) is 6.86. The van der Waals surface area contributed by atoms with E-state index in [0.717, 1.165) is 17.9 Å². The molecule has 28 heavy (non-hydrogen) atoms. The van der Waals surface area contributed by atoms with E-state index in [1.807, 2.05) is 24.3 Å². The lowest BCUT2D eigenvalue weighted by Gasteiger charge is -2.05. The van der Waals surface area contributed by atoms with Crippen molar-refractivity contribution in [3.05, 3.63) is 59.9 Å². The number of carbonyl (C=O) groups excluding carboxylic acids is 1. The minimum atomic E-state index is -0.131. The number of H-pyrrole nitrogens is 1. The second-order valence-electron chi connectivity index (χ2n) is 5.92. The summed E-state index contributed by atoms with van der Waals surface area (Å²) in [6.07, 6.45) is 0.995. The predicted molar refractivity (Wildman–Crippen MR) is 109 cm³/mol. The van der Waals surface area contributed by atoms with Crippen molar-refractivity contribution < 1.29 is 14.3 Å². The minimum Gasteiger partial charge on any atom is -0.497 e. The third-order valence-corrected chi connectivity index (χ3v) is 4.77. The van der Waals surface area contributed by atoms with Crippen LogP contribution < -0.4 is 14.8 Å². The summed E-state index contributed by atoms with van der Waals surface area (Å²) < 4.78 is 10.8. The highest BCUT2D eigenvalue weighted by molar-refractivity contribution is 7.99. The Hall–Kier alpha value is -3.00. The molecule has 3 aromatic rings. The van der Waals surface area contributed by atoms with Gasteiger partial charge in [-0.15, -0.1) is 5.10 Å². The standard InChI is InChI=1S/C20H22N4O3S/c1-3-14-4-8-17(9-5-14)27-12-18-22-20(24-23-18)28-13-19(25)21-15-6-10-16(26-2)11-7-15/h4-11H,3,12-13H2,1-2H3,(H,21,25)(H,22,23,24). The molecule has 0 aliphatic carbocycles. The highest BCUT2D eigenvalue weighted by Crippen LogP contribution is 2.18. The van der Waals surface area contributed by atoms with Gasteiger partial charge in [0.15, 0.2) is 5.82 Å². The molecular formula is C20H22N4O3S.